The molecule has 1 aliphatic rings. The fraction of sp³-hybridized carbons (Fsp3) is 0.900. The Morgan fingerprint density at radius 3 is 2.65 bits per heavy atom. The summed E-state index contributed by atoms with van der Waals surface area (Å²) in [6, 6.07) is 0. The van der Waals surface area contributed by atoms with Crippen molar-refractivity contribution in [3.63, 3.8) is 0 Å². The van der Waals surface area contributed by atoms with Crippen LogP contribution in [0.2, 0.25) is 0 Å². The van der Waals surface area contributed by atoms with Gasteiger partial charge in [0.2, 0.25) is 15.9 Å². The van der Waals surface area contributed by atoms with Gasteiger partial charge < -0.3 is 10.5 Å². The molecule has 0 aromatic heterocycles. The number of hydrogen-bond donors (Lipinski definition) is 1. The molecule has 0 saturated carbocycles. The average Bonchev–Trinajstić information content (AvgIpc) is 2.28. The Morgan fingerprint density at radius 2 is 2.18 bits per heavy atom. The first kappa shape index (κ1) is 14.4. The molecule has 1 fully saturated rings. The van der Waals surface area contributed by atoms with Crippen molar-refractivity contribution in [2.45, 2.75) is 25.9 Å². The molecule has 1 saturated heterocycles. The zero-order valence-electron chi connectivity index (χ0n) is 10.3. The number of sulfonamides is 1. The Balaban J connectivity index is 2.75. The van der Waals surface area contributed by atoms with Crippen LogP contribution < -0.4 is 5.73 Å². The molecule has 0 bridgehead atoms. The van der Waals surface area contributed by atoms with E-state index in [4.69, 9.17) is 10.5 Å². The third kappa shape index (κ3) is 3.65. The van der Waals surface area contributed by atoms with Crippen molar-refractivity contribution >= 4 is 15.9 Å². The lowest BCUT2D eigenvalue weighted by molar-refractivity contribution is -0.120. The Morgan fingerprint density at radius 1 is 1.53 bits per heavy atom. The smallest absolute Gasteiger partial charge is 0.217 e. The van der Waals surface area contributed by atoms with Gasteiger partial charge in [0.1, 0.15) is 0 Å². The summed E-state index contributed by atoms with van der Waals surface area (Å²) in [5, 5.41) is 0. The summed E-state index contributed by atoms with van der Waals surface area (Å²) in [5.41, 5.74) is 5.16. The summed E-state index contributed by atoms with van der Waals surface area (Å²) in [6.07, 6.45) is 0.674. The maximum absolute atomic E-state index is 11.7. The number of nitrogens with two attached hydrogens (primary N) is 1. The standard InChI is InChI=1S/C10H20N2O4S/c1-3-17(14,15)12-5-4-9(16-2)8(7-12)6-10(11)13/h8-9H,3-7H2,1-2H3,(H2,11,13)/t8-,9-/m1/s1. The van der Waals surface area contributed by atoms with Crippen molar-refractivity contribution in [1.29, 1.82) is 0 Å². The number of rotatable bonds is 5. The van der Waals surface area contributed by atoms with Crippen LogP contribution in [0.15, 0.2) is 0 Å². The summed E-state index contributed by atoms with van der Waals surface area (Å²) >= 11 is 0. The third-order valence-electron chi connectivity index (χ3n) is 3.15. The van der Waals surface area contributed by atoms with Crippen LogP contribution in [0, 0.1) is 5.92 Å². The minimum atomic E-state index is -3.20. The lowest BCUT2D eigenvalue weighted by Gasteiger charge is -2.36. The molecule has 1 heterocycles. The lowest BCUT2D eigenvalue weighted by Crippen LogP contribution is -2.48. The van der Waals surface area contributed by atoms with Crippen LogP contribution in [0.25, 0.3) is 0 Å². The second-order valence-corrected chi connectivity index (χ2v) is 6.51. The van der Waals surface area contributed by atoms with Gasteiger partial charge in [0.05, 0.1) is 11.9 Å². The number of amides is 1. The van der Waals surface area contributed by atoms with E-state index in [-0.39, 0.29) is 24.2 Å². The fourth-order valence-electron chi connectivity index (χ4n) is 2.18. The highest BCUT2D eigenvalue weighted by molar-refractivity contribution is 7.89. The van der Waals surface area contributed by atoms with Crippen LogP contribution in [0.3, 0.4) is 0 Å². The van der Waals surface area contributed by atoms with E-state index in [0.29, 0.717) is 19.5 Å². The maximum atomic E-state index is 11.7. The summed E-state index contributed by atoms with van der Waals surface area (Å²) in [7, 11) is -1.62. The van der Waals surface area contributed by atoms with Crippen molar-refractivity contribution < 1.29 is 17.9 Å². The minimum Gasteiger partial charge on any atom is -0.381 e. The lowest BCUT2D eigenvalue weighted by atomic mass is 9.92. The number of nitrogens with zero attached hydrogens (tertiary/aromatic N) is 1. The van der Waals surface area contributed by atoms with Crippen molar-refractivity contribution in [1.82, 2.24) is 4.31 Å². The van der Waals surface area contributed by atoms with Crippen LogP contribution in [0.4, 0.5) is 0 Å². The summed E-state index contributed by atoms with van der Waals surface area (Å²) in [6.45, 7) is 2.38. The normalized spacial score (nSPS) is 26.9. The zero-order chi connectivity index (χ0) is 13.1. The van der Waals surface area contributed by atoms with Gasteiger partial charge in [-0.3, -0.25) is 4.79 Å². The molecule has 0 aromatic rings. The van der Waals surface area contributed by atoms with Crippen molar-refractivity contribution in [2.75, 3.05) is 26.0 Å². The number of carbonyl (C=O) groups is 1. The highest BCUT2D eigenvalue weighted by atomic mass is 32.2. The molecule has 2 N–H and O–H groups in total. The van der Waals surface area contributed by atoms with Crippen LogP contribution in [-0.2, 0) is 19.6 Å². The first-order chi connectivity index (χ1) is 7.90. The molecule has 0 aliphatic carbocycles. The Kier molecular flexibility index (Phi) is 4.91. The molecule has 1 aliphatic heterocycles. The Labute approximate surface area is 102 Å². The number of ether oxygens (including phenoxy) is 1. The SMILES string of the molecule is CCS(=O)(=O)N1CC[C@@H](OC)[C@H](CC(N)=O)C1. The second-order valence-electron chi connectivity index (χ2n) is 4.25. The molecule has 17 heavy (non-hydrogen) atoms. The van der Waals surface area contributed by atoms with Crippen molar-refractivity contribution in [2.24, 2.45) is 11.7 Å². The van der Waals surface area contributed by atoms with Gasteiger partial charge in [-0.15, -0.1) is 0 Å². The van der Waals surface area contributed by atoms with Gasteiger partial charge in [0, 0.05) is 32.5 Å². The van der Waals surface area contributed by atoms with Gasteiger partial charge in [-0.25, -0.2) is 12.7 Å². The van der Waals surface area contributed by atoms with Crippen molar-refractivity contribution in [3.8, 4) is 0 Å². The van der Waals surface area contributed by atoms with Gasteiger partial charge in [0.25, 0.3) is 0 Å². The average molecular weight is 264 g/mol. The van der Waals surface area contributed by atoms with Crippen LogP contribution in [0.5, 0.6) is 0 Å². The van der Waals surface area contributed by atoms with Gasteiger partial charge in [0.15, 0.2) is 0 Å². The summed E-state index contributed by atoms with van der Waals surface area (Å²) in [4.78, 5) is 11.0. The molecule has 0 aromatic carbocycles. The molecule has 2 atom stereocenters. The predicted octanol–water partition coefficient (Wildman–Crippen LogP) is -0.452. The van der Waals surface area contributed by atoms with E-state index in [1.807, 2.05) is 0 Å². The van der Waals surface area contributed by atoms with Gasteiger partial charge in [-0.05, 0) is 13.3 Å². The molecule has 100 valence electrons. The summed E-state index contributed by atoms with van der Waals surface area (Å²) in [5.74, 6) is -0.492. The predicted molar refractivity (Wildman–Crippen MR) is 63.7 cm³/mol. The molecular formula is C10H20N2O4S. The quantitative estimate of drug-likeness (QED) is 0.728. The van der Waals surface area contributed by atoms with Crippen molar-refractivity contribution in [3.05, 3.63) is 0 Å². The van der Waals surface area contributed by atoms with Crippen LogP contribution in [-0.4, -0.2) is 50.7 Å². The van der Waals surface area contributed by atoms with E-state index in [1.165, 1.54) is 4.31 Å². The van der Waals surface area contributed by atoms with Crippen LogP contribution in [0.1, 0.15) is 19.8 Å². The fourth-order valence-corrected chi connectivity index (χ4v) is 3.34. The molecule has 7 heteroatoms. The largest absolute Gasteiger partial charge is 0.381 e. The van der Waals surface area contributed by atoms with E-state index >= 15 is 0 Å². The van der Waals surface area contributed by atoms with E-state index in [1.54, 1.807) is 14.0 Å². The van der Waals surface area contributed by atoms with E-state index < -0.39 is 15.9 Å². The molecule has 0 radical (unpaired) electrons. The van der Waals surface area contributed by atoms with E-state index in [0.717, 1.165) is 0 Å². The number of carbonyl (C=O) groups excluding carboxylic acids is 1. The number of hydrogen-bond acceptors (Lipinski definition) is 4. The first-order valence-electron chi connectivity index (χ1n) is 5.69. The number of piperidine rings is 1. The number of primary amides is 1. The summed E-state index contributed by atoms with van der Waals surface area (Å²) < 4.78 is 30.2. The highest BCUT2D eigenvalue weighted by Crippen LogP contribution is 2.24. The maximum Gasteiger partial charge on any atom is 0.217 e. The molecular weight excluding hydrogens is 244 g/mol. The molecule has 0 spiro atoms. The molecule has 0 unspecified atom stereocenters. The topological polar surface area (TPSA) is 89.7 Å². The van der Waals surface area contributed by atoms with Gasteiger partial charge in [-0.2, -0.15) is 0 Å². The monoisotopic (exact) mass is 264 g/mol. The van der Waals surface area contributed by atoms with Gasteiger partial charge in [-0.1, -0.05) is 0 Å². The molecule has 1 amide bonds. The zero-order valence-corrected chi connectivity index (χ0v) is 11.1. The number of methoxy groups -OCH3 is 1. The Hall–Kier alpha value is -0.660. The Bertz CT molecular complexity index is 369. The minimum absolute atomic E-state index is 0.0773. The second kappa shape index (κ2) is 5.79. The molecule has 1 rings (SSSR count). The first-order valence-corrected chi connectivity index (χ1v) is 7.30. The van der Waals surface area contributed by atoms with E-state index in [2.05, 4.69) is 0 Å². The van der Waals surface area contributed by atoms with Crippen LogP contribution >= 0.6 is 0 Å². The van der Waals surface area contributed by atoms with Gasteiger partial charge >= 0.3 is 0 Å². The van der Waals surface area contributed by atoms with E-state index in [9.17, 15) is 13.2 Å². The third-order valence-corrected chi connectivity index (χ3v) is 5.00. The molecule has 6 nitrogen and oxygen atoms in total. The highest BCUT2D eigenvalue weighted by Gasteiger charge is 2.34.